The normalized spacial score (nSPS) is 19.9. The summed E-state index contributed by atoms with van der Waals surface area (Å²) in [7, 11) is -1.98. The lowest BCUT2D eigenvalue weighted by Gasteiger charge is -2.38. The Morgan fingerprint density at radius 2 is 2.03 bits per heavy atom. The maximum absolute atomic E-state index is 13.4. The SMILES string of the molecule is C[C@H]1CN(c2ncnc3c2c2ccc(S(=O)(=O)NC4(C#N)CC4)cc2n3-c2nnc(C(F)F)s2)CCN1C. The van der Waals surface area contributed by atoms with Gasteiger partial charge in [0.05, 0.1) is 21.9 Å². The standard InChI is InChI=1S/C23H23F2N9O2S2/c1-13-10-33(8-7-32(13)2)19-17-15-4-3-14(38(35,36)31-23(11-26)5-6-23)9-16(15)34(20(17)28-12-27-19)22-30-29-21(37-22)18(24)25/h3-4,9,12-13,18,31H,5-8,10H2,1-2H3/t13-/m0/s1. The Kier molecular flexibility index (Phi) is 5.83. The van der Waals surface area contributed by atoms with Crippen LogP contribution in [0, 0.1) is 11.3 Å². The highest BCUT2D eigenvalue weighted by molar-refractivity contribution is 7.89. The monoisotopic (exact) mass is 559 g/mol. The van der Waals surface area contributed by atoms with Gasteiger partial charge in [-0.3, -0.25) is 4.57 Å². The average Bonchev–Trinajstić information content (AvgIpc) is 3.33. The van der Waals surface area contributed by atoms with Crippen molar-refractivity contribution in [1.29, 1.82) is 5.26 Å². The lowest BCUT2D eigenvalue weighted by molar-refractivity contribution is 0.150. The number of alkyl halides is 2. The van der Waals surface area contributed by atoms with E-state index in [2.05, 4.69) is 48.7 Å². The van der Waals surface area contributed by atoms with Crippen molar-refractivity contribution in [1.82, 2.24) is 34.4 Å². The Morgan fingerprint density at radius 3 is 2.68 bits per heavy atom. The van der Waals surface area contributed by atoms with E-state index in [9.17, 15) is 22.5 Å². The van der Waals surface area contributed by atoms with Crippen LogP contribution in [0.15, 0.2) is 29.4 Å². The molecule has 2 aliphatic rings. The highest BCUT2D eigenvalue weighted by atomic mass is 32.2. The number of hydrogen-bond acceptors (Lipinski definition) is 10. The molecule has 4 heterocycles. The van der Waals surface area contributed by atoms with Gasteiger partial charge in [0.15, 0.2) is 10.7 Å². The number of rotatable bonds is 6. The first-order chi connectivity index (χ1) is 18.1. The summed E-state index contributed by atoms with van der Waals surface area (Å²) in [5.41, 5.74) is -0.278. The summed E-state index contributed by atoms with van der Waals surface area (Å²) in [4.78, 5) is 13.4. The van der Waals surface area contributed by atoms with Crippen LogP contribution in [-0.2, 0) is 10.0 Å². The molecule has 1 saturated carbocycles. The van der Waals surface area contributed by atoms with Gasteiger partial charge in [0.25, 0.3) is 6.43 Å². The molecule has 1 atom stereocenters. The number of hydrogen-bond donors (Lipinski definition) is 1. The third-order valence-corrected chi connectivity index (χ3v) is 9.62. The third-order valence-electron chi connectivity index (χ3n) is 7.17. The van der Waals surface area contributed by atoms with E-state index < -0.39 is 27.0 Å². The van der Waals surface area contributed by atoms with Crippen LogP contribution in [-0.4, -0.2) is 76.3 Å². The molecule has 3 aromatic heterocycles. The Bertz CT molecular complexity index is 1710. The van der Waals surface area contributed by atoms with Gasteiger partial charge in [0, 0.05) is 31.1 Å². The molecule has 2 fully saturated rings. The van der Waals surface area contributed by atoms with Crippen molar-refractivity contribution >= 4 is 49.1 Å². The second-order valence-electron chi connectivity index (χ2n) is 9.71. The van der Waals surface area contributed by atoms with Gasteiger partial charge in [0.1, 0.15) is 17.7 Å². The van der Waals surface area contributed by atoms with Crippen LogP contribution in [0.5, 0.6) is 0 Å². The Balaban J connectivity index is 1.57. The summed E-state index contributed by atoms with van der Waals surface area (Å²) in [5, 5.41) is 18.0. The molecule has 1 N–H and O–H groups in total. The second kappa shape index (κ2) is 8.87. The number of anilines is 1. The molecule has 11 nitrogen and oxygen atoms in total. The predicted octanol–water partition coefficient (Wildman–Crippen LogP) is 2.84. The molecule has 1 aromatic carbocycles. The molecule has 1 aliphatic heterocycles. The van der Waals surface area contributed by atoms with Crippen LogP contribution < -0.4 is 9.62 Å². The van der Waals surface area contributed by atoms with Gasteiger partial charge in [-0.2, -0.15) is 9.98 Å². The molecule has 0 spiro atoms. The van der Waals surface area contributed by atoms with Gasteiger partial charge < -0.3 is 9.80 Å². The number of benzene rings is 1. The van der Waals surface area contributed by atoms with Crippen molar-refractivity contribution in [3.63, 3.8) is 0 Å². The topological polar surface area (TPSA) is 133 Å². The van der Waals surface area contributed by atoms with Gasteiger partial charge in [-0.25, -0.2) is 27.2 Å². The first-order valence-electron chi connectivity index (χ1n) is 11.9. The van der Waals surface area contributed by atoms with Gasteiger partial charge in [-0.1, -0.05) is 17.4 Å². The van der Waals surface area contributed by atoms with Crippen molar-refractivity contribution in [2.75, 3.05) is 31.6 Å². The van der Waals surface area contributed by atoms with Crippen molar-refractivity contribution in [2.45, 2.75) is 42.7 Å². The van der Waals surface area contributed by atoms with Crippen molar-refractivity contribution in [3.8, 4) is 11.2 Å². The minimum Gasteiger partial charge on any atom is -0.353 e. The summed E-state index contributed by atoms with van der Waals surface area (Å²) in [5.74, 6) is 0.674. The zero-order valence-corrected chi connectivity index (χ0v) is 22.1. The lowest BCUT2D eigenvalue weighted by Crippen LogP contribution is -2.50. The smallest absolute Gasteiger partial charge is 0.291 e. The van der Waals surface area contributed by atoms with Crippen molar-refractivity contribution in [2.24, 2.45) is 0 Å². The minimum atomic E-state index is -4.04. The Hall–Kier alpha value is -3.32. The number of halogens is 2. The van der Waals surface area contributed by atoms with Crippen LogP contribution in [0.2, 0.25) is 0 Å². The summed E-state index contributed by atoms with van der Waals surface area (Å²) >= 11 is 0.709. The van der Waals surface area contributed by atoms with Gasteiger partial charge in [-0.15, -0.1) is 10.2 Å². The third kappa shape index (κ3) is 4.08. The Labute approximate surface area is 220 Å². The molecular formula is C23H23F2N9O2S2. The number of nitrogens with zero attached hydrogens (tertiary/aromatic N) is 8. The fourth-order valence-corrected chi connectivity index (χ4v) is 6.84. The summed E-state index contributed by atoms with van der Waals surface area (Å²) in [6.07, 6.45) is -0.509. The molecule has 6 rings (SSSR count). The van der Waals surface area contributed by atoms with E-state index in [4.69, 9.17) is 0 Å². The maximum atomic E-state index is 13.4. The van der Waals surface area contributed by atoms with Gasteiger partial charge in [-0.05, 0) is 38.9 Å². The largest absolute Gasteiger partial charge is 0.353 e. The molecule has 0 unspecified atom stereocenters. The highest BCUT2D eigenvalue weighted by Gasteiger charge is 2.47. The molecule has 15 heteroatoms. The number of nitrogens with one attached hydrogen (secondary N) is 1. The second-order valence-corrected chi connectivity index (χ2v) is 12.4. The van der Waals surface area contributed by atoms with Gasteiger partial charge >= 0.3 is 0 Å². The molecule has 198 valence electrons. The van der Waals surface area contributed by atoms with Crippen LogP contribution in [0.1, 0.15) is 31.2 Å². The molecule has 0 amide bonds. The first-order valence-corrected chi connectivity index (χ1v) is 14.2. The molecule has 1 aliphatic carbocycles. The van der Waals surface area contributed by atoms with E-state index in [1.165, 1.54) is 18.5 Å². The molecule has 4 aromatic rings. The minimum absolute atomic E-state index is 0.0584. The molecule has 38 heavy (non-hydrogen) atoms. The first kappa shape index (κ1) is 25.0. The van der Waals surface area contributed by atoms with Crippen LogP contribution in [0.25, 0.3) is 27.1 Å². The van der Waals surface area contributed by atoms with E-state index in [0.717, 1.165) is 19.6 Å². The number of piperazine rings is 1. The zero-order valence-electron chi connectivity index (χ0n) is 20.5. The number of sulfonamides is 1. The summed E-state index contributed by atoms with van der Waals surface area (Å²) < 4.78 is 57.2. The maximum Gasteiger partial charge on any atom is 0.291 e. The van der Waals surface area contributed by atoms with E-state index in [1.54, 1.807) is 10.6 Å². The fourth-order valence-electron chi connectivity index (χ4n) is 4.72. The van der Waals surface area contributed by atoms with Crippen molar-refractivity contribution < 1.29 is 17.2 Å². The zero-order chi connectivity index (χ0) is 26.8. The number of likely N-dealkylation sites (N-methyl/N-ethyl adjacent to an activating group) is 1. The molecule has 0 bridgehead atoms. The molecular weight excluding hydrogens is 536 g/mol. The fraction of sp³-hybridized carbons (Fsp3) is 0.435. The van der Waals surface area contributed by atoms with Crippen LogP contribution >= 0.6 is 11.3 Å². The quantitative estimate of drug-likeness (QED) is 0.379. The van der Waals surface area contributed by atoms with E-state index in [1.807, 2.05) is 6.07 Å². The number of aromatic nitrogens is 5. The van der Waals surface area contributed by atoms with E-state index in [0.29, 0.717) is 51.9 Å². The van der Waals surface area contributed by atoms with Crippen LogP contribution in [0.4, 0.5) is 14.6 Å². The highest BCUT2D eigenvalue weighted by Crippen LogP contribution is 2.40. The molecule has 0 radical (unpaired) electrons. The van der Waals surface area contributed by atoms with E-state index >= 15 is 0 Å². The van der Waals surface area contributed by atoms with E-state index in [-0.39, 0.29) is 16.1 Å². The summed E-state index contributed by atoms with van der Waals surface area (Å²) in [6, 6.07) is 6.88. The number of nitriles is 1. The lowest BCUT2D eigenvalue weighted by atomic mass is 10.1. The molecule has 1 saturated heterocycles. The van der Waals surface area contributed by atoms with Gasteiger partial charge in [0.2, 0.25) is 15.2 Å². The summed E-state index contributed by atoms with van der Waals surface area (Å²) in [6.45, 7) is 4.39. The average molecular weight is 560 g/mol. The van der Waals surface area contributed by atoms with Crippen LogP contribution in [0.3, 0.4) is 0 Å². The predicted molar refractivity (Wildman–Crippen MR) is 137 cm³/mol. The van der Waals surface area contributed by atoms with Crippen molar-refractivity contribution in [3.05, 3.63) is 29.5 Å². The number of fused-ring (bicyclic) bond motifs is 3. The Morgan fingerprint density at radius 1 is 1.24 bits per heavy atom.